The molecule has 3 aromatic heterocycles. The third-order valence-electron chi connectivity index (χ3n) is 6.87. The molecule has 0 saturated carbocycles. The molecule has 0 radical (unpaired) electrons. The summed E-state index contributed by atoms with van der Waals surface area (Å²) in [6.07, 6.45) is 1.64. The Balaban J connectivity index is 1.61. The molecule has 1 aliphatic rings. The number of pyridine rings is 1. The van der Waals surface area contributed by atoms with Gasteiger partial charge in [-0.1, -0.05) is 6.07 Å². The largest absolute Gasteiger partial charge is 0.493 e. The van der Waals surface area contributed by atoms with Crippen molar-refractivity contribution in [3.63, 3.8) is 0 Å². The van der Waals surface area contributed by atoms with Crippen molar-refractivity contribution in [1.82, 2.24) is 33.5 Å². The van der Waals surface area contributed by atoms with Gasteiger partial charge >= 0.3 is 0 Å². The van der Waals surface area contributed by atoms with E-state index in [-0.39, 0.29) is 28.4 Å². The van der Waals surface area contributed by atoms with Gasteiger partial charge in [-0.2, -0.15) is 9.40 Å². The number of aryl methyl sites for hydroxylation is 1. The Kier molecular flexibility index (Phi) is 7.49. The average molecular weight is 554 g/mol. The summed E-state index contributed by atoms with van der Waals surface area (Å²) in [5, 5.41) is 13.7. The van der Waals surface area contributed by atoms with E-state index in [1.165, 1.54) is 21.0 Å². The van der Waals surface area contributed by atoms with Gasteiger partial charge in [0.15, 0.2) is 11.3 Å². The van der Waals surface area contributed by atoms with Crippen molar-refractivity contribution >= 4 is 21.1 Å². The Bertz CT molecular complexity index is 1660. The normalized spacial score (nSPS) is 15.2. The van der Waals surface area contributed by atoms with Crippen molar-refractivity contribution in [3.05, 3.63) is 58.6 Å². The third kappa shape index (κ3) is 4.93. The Morgan fingerprint density at radius 3 is 2.51 bits per heavy atom. The van der Waals surface area contributed by atoms with Crippen LogP contribution in [-0.2, 0) is 17.1 Å². The summed E-state index contributed by atoms with van der Waals surface area (Å²) in [6.45, 7) is 6.24. The van der Waals surface area contributed by atoms with E-state index in [1.807, 2.05) is 17.9 Å². The maximum absolute atomic E-state index is 13.6. The number of ether oxygens (including phenoxy) is 1. The lowest BCUT2D eigenvalue weighted by atomic mass is 10.1. The number of aliphatic hydroxyl groups is 1. The van der Waals surface area contributed by atoms with Crippen LogP contribution in [0.1, 0.15) is 12.6 Å². The van der Waals surface area contributed by atoms with Crippen LogP contribution in [0, 0.1) is 6.92 Å². The molecule has 4 aromatic rings. The number of rotatable bonds is 8. The van der Waals surface area contributed by atoms with E-state index in [0.29, 0.717) is 67.7 Å². The van der Waals surface area contributed by atoms with E-state index in [0.717, 1.165) is 0 Å². The second-order valence-electron chi connectivity index (χ2n) is 9.24. The summed E-state index contributed by atoms with van der Waals surface area (Å²) in [5.74, 6) is 1.24. The quantitative estimate of drug-likeness (QED) is 0.341. The zero-order valence-corrected chi connectivity index (χ0v) is 22.9. The number of aromatic nitrogens is 5. The first-order chi connectivity index (χ1) is 18.8. The highest BCUT2D eigenvalue weighted by Crippen LogP contribution is 2.33. The second kappa shape index (κ2) is 10.8. The molecule has 0 bridgehead atoms. The molecule has 0 unspecified atom stereocenters. The number of sulfonamides is 1. The van der Waals surface area contributed by atoms with Gasteiger partial charge in [-0.3, -0.25) is 14.3 Å². The van der Waals surface area contributed by atoms with Gasteiger partial charge in [0.05, 0.1) is 29.4 Å². The standard InChI is InChI=1S/C26H31N7O5S/c1-4-38-21-9-8-19(39(36,37)32-13-11-31(12-14-32)15-16-34)17-20(21)25-28-23-18(2)33(22-7-5-6-10-27-22)29-24(23)26(35)30(25)3/h5-10,17,34H,4,11-16H2,1-3H3. The Hall–Kier alpha value is -3.65. The molecule has 1 aromatic carbocycles. The molecule has 5 rings (SSSR count). The van der Waals surface area contributed by atoms with E-state index in [4.69, 9.17) is 9.72 Å². The molecule has 12 nitrogen and oxygen atoms in total. The van der Waals surface area contributed by atoms with Crippen LogP contribution in [0.15, 0.2) is 52.3 Å². The fourth-order valence-corrected chi connectivity index (χ4v) is 6.21. The minimum Gasteiger partial charge on any atom is -0.493 e. The zero-order valence-electron chi connectivity index (χ0n) is 22.1. The molecule has 0 atom stereocenters. The number of hydrogen-bond acceptors (Lipinski definition) is 9. The van der Waals surface area contributed by atoms with Gasteiger partial charge in [0.1, 0.15) is 17.1 Å². The number of aliphatic hydroxyl groups excluding tert-OH is 1. The number of fused-ring (bicyclic) bond motifs is 1. The highest BCUT2D eigenvalue weighted by Gasteiger charge is 2.30. The Morgan fingerprint density at radius 1 is 1.08 bits per heavy atom. The van der Waals surface area contributed by atoms with E-state index >= 15 is 0 Å². The highest BCUT2D eigenvalue weighted by molar-refractivity contribution is 7.89. The highest BCUT2D eigenvalue weighted by atomic mass is 32.2. The monoisotopic (exact) mass is 553 g/mol. The van der Waals surface area contributed by atoms with Crippen LogP contribution >= 0.6 is 0 Å². The average Bonchev–Trinajstić information content (AvgIpc) is 3.28. The molecule has 1 aliphatic heterocycles. The lowest BCUT2D eigenvalue weighted by Crippen LogP contribution is -2.49. The summed E-state index contributed by atoms with van der Waals surface area (Å²) in [7, 11) is -2.24. The van der Waals surface area contributed by atoms with Crippen LogP contribution < -0.4 is 10.3 Å². The molecule has 206 valence electrons. The van der Waals surface area contributed by atoms with Crippen molar-refractivity contribution in [3.8, 4) is 23.0 Å². The lowest BCUT2D eigenvalue weighted by Gasteiger charge is -2.33. The van der Waals surface area contributed by atoms with Crippen LogP contribution in [0.4, 0.5) is 0 Å². The van der Waals surface area contributed by atoms with Crippen molar-refractivity contribution in [2.75, 3.05) is 45.9 Å². The molecule has 13 heteroatoms. The zero-order chi connectivity index (χ0) is 27.7. The number of nitrogens with zero attached hydrogens (tertiary/aromatic N) is 7. The first kappa shape index (κ1) is 26.9. The molecule has 0 spiro atoms. The number of piperazine rings is 1. The first-order valence-corrected chi connectivity index (χ1v) is 14.2. The van der Waals surface area contributed by atoms with Crippen LogP contribution in [0.2, 0.25) is 0 Å². The molecule has 39 heavy (non-hydrogen) atoms. The summed E-state index contributed by atoms with van der Waals surface area (Å²) < 4.78 is 37.4. The predicted molar refractivity (Wildman–Crippen MR) is 146 cm³/mol. The van der Waals surface area contributed by atoms with Gasteiger partial charge in [0.2, 0.25) is 10.0 Å². The molecule has 1 N–H and O–H groups in total. The topological polar surface area (TPSA) is 136 Å². The smallest absolute Gasteiger partial charge is 0.281 e. The van der Waals surface area contributed by atoms with Crippen LogP contribution in [-0.4, -0.2) is 93.0 Å². The predicted octanol–water partition coefficient (Wildman–Crippen LogP) is 1.19. The lowest BCUT2D eigenvalue weighted by molar-refractivity contribution is 0.151. The molecule has 1 fully saturated rings. The number of β-amino-alcohol motifs (C(OH)–C–C–N with tert-alkyl or cyclic N) is 1. The second-order valence-corrected chi connectivity index (χ2v) is 11.2. The summed E-state index contributed by atoms with van der Waals surface area (Å²) in [6, 6.07) is 10.1. The first-order valence-electron chi connectivity index (χ1n) is 12.7. The van der Waals surface area contributed by atoms with E-state index in [2.05, 4.69) is 10.1 Å². The SMILES string of the molecule is CCOc1ccc(S(=O)(=O)N2CCN(CCO)CC2)cc1-c1nc2c(C)n(-c3ccccn3)nc2c(=O)n1C. The van der Waals surface area contributed by atoms with Crippen LogP contribution in [0.5, 0.6) is 5.75 Å². The van der Waals surface area contributed by atoms with Gasteiger partial charge in [-0.25, -0.2) is 23.1 Å². The van der Waals surface area contributed by atoms with Gasteiger partial charge in [0, 0.05) is 46.0 Å². The summed E-state index contributed by atoms with van der Waals surface area (Å²) >= 11 is 0. The maximum atomic E-state index is 13.6. The molecule has 0 aliphatic carbocycles. The van der Waals surface area contributed by atoms with Crippen LogP contribution in [0.3, 0.4) is 0 Å². The fraction of sp³-hybridized carbons (Fsp3) is 0.385. The third-order valence-corrected chi connectivity index (χ3v) is 8.77. The van der Waals surface area contributed by atoms with Crippen molar-refractivity contribution in [2.24, 2.45) is 7.05 Å². The Labute approximate surface area is 226 Å². The van der Waals surface area contributed by atoms with Gasteiger partial charge < -0.3 is 9.84 Å². The van der Waals surface area contributed by atoms with E-state index in [9.17, 15) is 18.3 Å². The molecular weight excluding hydrogens is 522 g/mol. The molecule has 1 saturated heterocycles. The van der Waals surface area contributed by atoms with E-state index < -0.39 is 10.0 Å². The van der Waals surface area contributed by atoms with Crippen molar-refractivity contribution in [2.45, 2.75) is 18.7 Å². The minimum atomic E-state index is -3.82. The number of hydrogen-bond donors (Lipinski definition) is 1. The molecule has 4 heterocycles. The van der Waals surface area contributed by atoms with Gasteiger partial charge in [-0.15, -0.1) is 0 Å². The molecular formula is C26H31N7O5S. The number of benzene rings is 1. The van der Waals surface area contributed by atoms with Crippen molar-refractivity contribution < 1.29 is 18.3 Å². The van der Waals surface area contributed by atoms with Crippen molar-refractivity contribution in [1.29, 1.82) is 0 Å². The minimum absolute atomic E-state index is 0.0330. The van der Waals surface area contributed by atoms with Crippen LogP contribution in [0.25, 0.3) is 28.2 Å². The summed E-state index contributed by atoms with van der Waals surface area (Å²) in [5.41, 5.74) is 1.23. The fourth-order valence-electron chi connectivity index (χ4n) is 4.76. The van der Waals surface area contributed by atoms with E-state index in [1.54, 1.807) is 43.0 Å². The molecule has 0 amide bonds. The van der Waals surface area contributed by atoms with Gasteiger partial charge in [0.25, 0.3) is 5.56 Å². The summed E-state index contributed by atoms with van der Waals surface area (Å²) in [4.78, 5) is 24.7. The maximum Gasteiger partial charge on any atom is 0.281 e. The van der Waals surface area contributed by atoms with Gasteiger partial charge in [-0.05, 0) is 44.2 Å². The Morgan fingerprint density at radius 2 is 1.85 bits per heavy atom.